The van der Waals surface area contributed by atoms with E-state index in [-0.39, 0.29) is 17.9 Å². The predicted octanol–water partition coefficient (Wildman–Crippen LogP) is 1.87. The first kappa shape index (κ1) is 15.7. The number of nitrogens with zero attached hydrogens (tertiary/aromatic N) is 3. The fourth-order valence-corrected chi connectivity index (χ4v) is 3.61. The van der Waals surface area contributed by atoms with E-state index in [1.165, 1.54) is 0 Å². The minimum absolute atomic E-state index is 0.0130. The number of benzene rings is 1. The second kappa shape index (κ2) is 5.91. The third kappa shape index (κ3) is 2.65. The Labute approximate surface area is 146 Å². The molecule has 0 saturated carbocycles. The molecule has 1 saturated heterocycles. The van der Waals surface area contributed by atoms with Crippen molar-refractivity contribution in [1.29, 1.82) is 0 Å². The van der Waals surface area contributed by atoms with Gasteiger partial charge < -0.3 is 20.1 Å². The Morgan fingerprint density at radius 2 is 1.96 bits per heavy atom. The summed E-state index contributed by atoms with van der Waals surface area (Å²) in [5.74, 6) is 0.0467. The third-order valence-electron chi connectivity index (χ3n) is 5.24. The fourth-order valence-electron chi connectivity index (χ4n) is 3.61. The summed E-state index contributed by atoms with van der Waals surface area (Å²) in [4.78, 5) is 31.2. The number of piperidine rings is 1. The van der Waals surface area contributed by atoms with Crippen molar-refractivity contribution >= 4 is 23.2 Å². The summed E-state index contributed by atoms with van der Waals surface area (Å²) in [7, 11) is 0. The minimum Gasteiger partial charge on any atom is -0.369 e. The van der Waals surface area contributed by atoms with E-state index in [4.69, 9.17) is 0 Å². The van der Waals surface area contributed by atoms with Crippen molar-refractivity contribution in [3.63, 3.8) is 0 Å². The Bertz CT molecular complexity index is 794. The number of anilines is 2. The third-order valence-corrected chi connectivity index (χ3v) is 5.24. The van der Waals surface area contributed by atoms with Crippen LogP contribution in [0.3, 0.4) is 0 Å². The molecular weight excluding hydrogens is 318 g/mol. The van der Waals surface area contributed by atoms with Crippen molar-refractivity contribution in [2.45, 2.75) is 31.3 Å². The summed E-state index contributed by atoms with van der Waals surface area (Å²) < 4.78 is 1.80. The number of nitrogens with one attached hydrogen (secondary N) is 2. The molecule has 1 fully saturated rings. The molecule has 7 nitrogen and oxygen atoms in total. The molecular formula is C18H21N5O2. The zero-order valence-electron chi connectivity index (χ0n) is 14.1. The maximum atomic E-state index is 12.7. The van der Waals surface area contributed by atoms with Gasteiger partial charge in [0.1, 0.15) is 11.6 Å². The van der Waals surface area contributed by atoms with Gasteiger partial charge in [0.2, 0.25) is 11.8 Å². The van der Waals surface area contributed by atoms with Crippen molar-refractivity contribution in [1.82, 2.24) is 14.5 Å². The van der Waals surface area contributed by atoms with Gasteiger partial charge in [-0.3, -0.25) is 9.59 Å². The largest absolute Gasteiger partial charge is 0.369 e. The minimum atomic E-state index is -0.636. The smallest absolute Gasteiger partial charge is 0.250 e. The molecule has 2 aliphatic heterocycles. The lowest BCUT2D eigenvalue weighted by Gasteiger charge is -2.44. The molecule has 2 aliphatic rings. The van der Waals surface area contributed by atoms with Gasteiger partial charge >= 0.3 is 0 Å². The van der Waals surface area contributed by atoms with Gasteiger partial charge in [-0.15, -0.1) is 0 Å². The molecule has 1 aromatic carbocycles. The summed E-state index contributed by atoms with van der Waals surface area (Å²) >= 11 is 0. The Kier molecular flexibility index (Phi) is 3.71. The van der Waals surface area contributed by atoms with E-state index in [1.54, 1.807) is 23.3 Å². The first-order chi connectivity index (χ1) is 12.1. The van der Waals surface area contributed by atoms with Crippen molar-refractivity contribution in [3.8, 4) is 0 Å². The van der Waals surface area contributed by atoms with Crippen molar-refractivity contribution in [3.05, 3.63) is 43.0 Å². The lowest BCUT2D eigenvalue weighted by molar-refractivity contribution is -0.137. The van der Waals surface area contributed by atoms with Crippen LogP contribution in [0.15, 0.2) is 43.0 Å². The summed E-state index contributed by atoms with van der Waals surface area (Å²) in [5.41, 5.74) is 1.11. The number of rotatable bonds is 2. The number of hydrogen-bond acceptors (Lipinski definition) is 4. The van der Waals surface area contributed by atoms with Gasteiger partial charge in [0.15, 0.2) is 0 Å². The first-order valence-electron chi connectivity index (χ1n) is 8.54. The van der Waals surface area contributed by atoms with Crippen LogP contribution in [0.4, 0.5) is 11.4 Å². The normalized spacial score (nSPS) is 19.7. The van der Waals surface area contributed by atoms with Crippen molar-refractivity contribution < 1.29 is 9.59 Å². The fraction of sp³-hybridized carbons (Fsp3) is 0.389. The van der Waals surface area contributed by atoms with Gasteiger partial charge in [0.25, 0.3) is 0 Å². The number of amides is 2. The second-order valence-electron chi connectivity index (χ2n) is 6.72. The Morgan fingerprint density at radius 3 is 2.64 bits per heavy atom. The van der Waals surface area contributed by atoms with Crippen molar-refractivity contribution in [2.24, 2.45) is 0 Å². The zero-order chi connectivity index (χ0) is 17.4. The van der Waals surface area contributed by atoms with E-state index >= 15 is 0 Å². The topological polar surface area (TPSA) is 79.3 Å². The number of aromatic nitrogens is 2. The van der Waals surface area contributed by atoms with Gasteiger partial charge in [0.05, 0.1) is 17.7 Å². The zero-order valence-corrected chi connectivity index (χ0v) is 14.1. The maximum Gasteiger partial charge on any atom is 0.250 e. The molecule has 4 rings (SSSR count). The van der Waals surface area contributed by atoms with E-state index in [0.29, 0.717) is 25.9 Å². The number of imidazole rings is 1. The molecule has 0 radical (unpaired) electrons. The van der Waals surface area contributed by atoms with Gasteiger partial charge in [-0.1, -0.05) is 12.1 Å². The summed E-state index contributed by atoms with van der Waals surface area (Å²) in [6.07, 6.45) is 6.30. The highest BCUT2D eigenvalue weighted by atomic mass is 16.2. The molecule has 0 bridgehead atoms. The maximum absolute atomic E-state index is 12.7. The summed E-state index contributed by atoms with van der Waals surface area (Å²) in [6, 6.07) is 7.42. The molecule has 25 heavy (non-hydrogen) atoms. The lowest BCUT2D eigenvalue weighted by Crippen LogP contribution is -2.59. The second-order valence-corrected chi connectivity index (χ2v) is 6.72. The van der Waals surface area contributed by atoms with E-state index in [2.05, 4.69) is 15.6 Å². The molecule has 1 atom stereocenters. The standard InChI is InChI=1S/C18H21N5O2/c1-13(23-11-8-19-12-23)16(24)22-9-6-18(7-10-22)17(25)20-14-4-2-3-5-15(14)21-18/h2-5,8,11-13,21H,6-7,9-10H2,1H3,(H,20,25). The van der Waals surface area contributed by atoms with Gasteiger partial charge in [-0.2, -0.15) is 0 Å². The Hall–Kier alpha value is -2.83. The monoisotopic (exact) mass is 339 g/mol. The molecule has 1 unspecified atom stereocenters. The van der Waals surface area contributed by atoms with Crippen LogP contribution in [0, 0.1) is 0 Å². The van der Waals surface area contributed by atoms with Crippen LogP contribution in [0.25, 0.3) is 0 Å². The Morgan fingerprint density at radius 1 is 1.24 bits per heavy atom. The molecule has 2 aromatic rings. The molecule has 0 aliphatic carbocycles. The average Bonchev–Trinajstić information content (AvgIpc) is 3.17. The van der Waals surface area contributed by atoms with Crippen molar-refractivity contribution in [2.75, 3.05) is 23.7 Å². The van der Waals surface area contributed by atoms with Crippen LogP contribution in [0.5, 0.6) is 0 Å². The van der Waals surface area contributed by atoms with Crippen LogP contribution in [0.2, 0.25) is 0 Å². The van der Waals surface area contributed by atoms with Crippen LogP contribution >= 0.6 is 0 Å². The highest BCUT2D eigenvalue weighted by Gasteiger charge is 2.45. The molecule has 3 heterocycles. The van der Waals surface area contributed by atoms with Crippen LogP contribution in [-0.4, -0.2) is 44.9 Å². The van der Waals surface area contributed by atoms with Gasteiger partial charge in [0, 0.05) is 25.5 Å². The molecule has 7 heteroatoms. The molecule has 130 valence electrons. The van der Waals surface area contributed by atoms with Crippen LogP contribution in [-0.2, 0) is 9.59 Å². The van der Waals surface area contributed by atoms with Crippen LogP contribution < -0.4 is 10.6 Å². The predicted molar refractivity (Wildman–Crippen MR) is 94.2 cm³/mol. The van der Waals surface area contributed by atoms with Gasteiger partial charge in [-0.25, -0.2) is 4.98 Å². The molecule has 2 amide bonds. The number of fused-ring (bicyclic) bond motifs is 1. The van der Waals surface area contributed by atoms with Crippen LogP contribution in [0.1, 0.15) is 25.8 Å². The molecule has 1 spiro atoms. The Balaban J connectivity index is 1.46. The highest BCUT2D eigenvalue weighted by Crippen LogP contribution is 2.36. The molecule has 2 N–H and O–H groups in total. The number of para-hydroxylation sites is 2. The molecule has 1 aromatic heterocycles. The number of likely N-dealkylation sites (tertiary alicyclic amines) is 1. The number of carbonyl (C=O) groups is 2. The van der Waals surface area contributed by atoms with E-state index in [1.807, 2.05) is 36.1 Å². The van der Waals surface area contributed by atoms with E-state index in [0.717, 1.165) is 11.4 Å². The SMILES string of the molecule is CC(C(=O)N1CCC2(CC1)Nc1ccccc1NC2=O)n1ccnc1. The summed E-state index contributed by atoms with van der Waals surface area (Å²) in [6.45, 7) is 2.98. The highest BCUT2D eigenvalue weighted by molar-refractivity contribution is 6.06. The van der Waals surface area contributed by atoms with E-state index < -0.39 is 5.54 Å². The number of hydrogen-bond donors (Lipinski definition) is 2. The lowest BCUT2D eigenvalue weighted by atomic mass is 9.84. The first-order valence-corrected chi connectivity index (χ1v) is 8.54. The quantitative estimate of drug-likeness (QED) is 0.875. The summed E-state index contributed by atoms with van der Waals surface area (Å²) in [5, 5.41) is 6.41. The van der Waals surface area contributed by atoms with E-state index in [9.17, 15) is 9.59 Å². The van der Waals surface area contributed by atoms with Gasteiger partial charge in [-0.05, 0) is 31.9 Å². The average molecular weight is 339 g/mol. The number of carbonyl (C=O) groups excluding carboxylic acids is 2.